The van der Waals surface area contributed by atoms with Crippen LogP contribution in [-0.2, 0) is 4.74 Å². The summed E-state index contributed by atoms with van der Waals surface area (Å²) < 4.78 is 2.67. The summed E-state index contributed by atoms with van der Waals surface area (Å²) in [6.45, 7) is 2.07. The summed E-state index contributed by atoms with van der Waals surface area (Å²) in [6, 6.07) is 0. The molecule has 0 aliphatic heterocycles. The van der Waals surface area contributed by atoms with E-state index in [4.69, 9.17) is 34.8 Å². The van der Waals surface area contributed by atoms with Gasteiger partial charge in [-0.25, -0.2) is 0 Å². The monoisotopic (exact) mass is 298 g/mol. The molecule has 0 radical (unpaired) electrons. The maximum absolute atomic E-state index is 10.2. The number of carbonyl (C=O) groups excluding carboxylic acids is 1. The Morgan fingerprint density at radius 2 is 1.88 bits per heavy atom. The first-order valence-corrected chi connectivity index (χ1v) is 5.95. The van der Waals surface area contributed by atoms with Crippen molar-refractivity contribution < 1.29 is 44.2 Å². The number of rotatable bonds is 6. The van der Waals surface area contributed by atoms with Crippen molar-refractivity contribution in [3.05, 3.63) is 0 Å². The van der Waals surface area contributed by atoms with Gasteiger partial charge in [0.1, 0.15) is 0 Å². The molecule has 0 saturated carbocycles. The molecule has 0 saturated heterocycles. The van der Waals surface area contributed by atoms with Crippen molar-refractivity contribution >= 4 is 41.0 Å². The first-order valence-electron chi connectivity index (χ1n) is 4.82. The zero-order valence-electron chi connectivity index (χ0n) is 9.47. The molecule has 1 unspecified atom stereocenters. The second-order valence-corrected chi connectivity index (χ2v) is 5.62. The Bertz CT molecular complexity index is 197. The van der Waals surface area contributed by atoms with E-state index in [-0.39, 0.29) is 29.6 Å². The van der Waals surface area contributed by atoms with Crippen molar-refractivity contribution in [1.29, 1.82) is 0 Å². The number of hydrogen-bond donors (Lipinski definition) is 0. The Hall–Kier alpha value is 1.14. The van der Waals surface area contributed by atoms with E-state index in [1.807, 2.05) is 0 Å². The van der Waals surface area contributed by atoms with Crippen LogP contribution in [0.3, 0.4) is 0 Å². The van der Waals surface area contributed by atoms with Gasteiger partial charge in [0.05, 0.1) is 6.10 Å². The van der Waals surface area contributed by atoms with Crippen LogP contribution < -0.4 is 34.7 Å². The Balaban J connectivity index is 0. The Kier molecular flexibility index (Phi) is 12.3. The molecule has 0 amide bonds. The molecule has 0 aliphatic carbocycles. The van der Waals surface area contributed by atoms with Gasteiger partial charge in [0.25, 0.3) is 6.16 Å². The van der Waals surface area contributed by atoms with Gasteiger partial charge in [-0.1, -0.05) is 67.4 Å². The van der Waals surface area contributed by atoms with Gasteiger partial charge >= 0.3 is 29.6 Å². The van der Waals surface area contributed by atoms with Crippen LogP contribution in [-0.4, -0.2) is 16.1 Å². The van der Waals surface area contributed by atoms with Gasteiger partial charge in [0, 0.05) is 0 Å². The van der Waals surface area contributed by atoms with Crippen LogP contribution in [0.15, 0.2) is 0 Å². The van der Waals surface area contributed by atoms with Gasteiger partial charge in [-0.05, 0) is 6.42 Å². The predicted molar refractivity (Wildman–Crippen MR) is 59.3 cm³/mol. The second kappa shape index (κ2) is 10.1. The number of halogens is 3. The zero-order valence-corrected chi connectivity index (χ0v) is 13.7. The van der Waals surface area contributed by atoms with Crippen molar-refractivity contribution in [2.45, 2.75) is 48.9 Å². The van der Waals surface area contributed by atoms with Gasteiger partial charge in [-0.15, -0.1) is 0 Å². The fourth-order valence-electron chi connectivity index (χ4n) is 1.16. The van der Waals surface area contributed by atoms with E-state index in [1.165, 1.54) is 0 Å². The molecule has 0 N–H and O–H groups in total. The van der Waals surface area contributed by atoms with Crippen molar-refractivity contribution in [2.24, 2.45) is 0 Å². The number of unbranched alkanes of at least 4 members (excludes halogenated alkanes) is 3. The molecule has 0 rings (SSSR count). The smallest absolute Gasteiger partial charge is 0.542 e. The normalized spacial score (nSPS) is 12.8. The zero-order chi connectivity index (χ0) is 11.9. The van der Waals surface area contributed by atoms with E-state index in [9.17, 15) is 9.90 Å². The first-order chi connectivity index (χ1) is 6.88. The molecule has 0 bridgehead atoms. The van der Waals surface area contributed by atoms with E-state index in [2.05, 4.69) is 11.7 Å². The number of hydrogen-bond acceptors (Lipinski definition) is 3. The van der Waals surface area contributed by atoms with E-state index in [0.29, 0.717) is 6.42 Å². The molecule has 90 valence electrons. The first kappa shape index (κ1) is 19.5. The molecular weight excluding hydrogens is 285 g/mol. The third-order valence-corrected chi connectivity index (χ3v) is 2.65. The van der Waals surface area contributed by atoms with Crippen LogP contribution in [0.25, 0.3) is 0 Å². The largest absolute Gasteiger partial charge is 1.00 e. The van der Waals surface area contributed by atoms with E-state index in [0.717, 1.165) is 25.7 Å². The standard InChI is InChI=1S/C9H15Cl3O3.Na/c1-2-3-4-5-6-7(9(10,11)12)15-8(13)14;/h7H,2-6H2,1H3,(H,13,14);/q;+1/p-1. The third kappa shape index (κ3) is 10.3. The van der Waals surface area contributed by atoms with E-state index in [1.54, 1.807) is 0 Å². The van der Waals surface area contributed by atoms with E-state index >= 15 is 0 Å². The van der Waals surface area contributed by atoms with E-state index < -0.39 is 16.1 Å². The summed E-state index contributed by atoms with van der Waals surface area (Å²) in [7, 11) is 0. The maximum Gasteiger partial charge on any atom is 1.00 e. The van der Waals surface area contributed by atoms with Gasteiger partial charge in [0.2, 0.25) is 3.79 Å². The number of ether oxygens (including phenoxy) is 1. The number of carboxylic acid groups (broad SMARTS) is 1. The Morgan fingerprint density at radius 1 is 1.31 bits per heavy atom. The molecule has 0 aromatic heterocycles. The molecule has 3 nitrogen and oxygen atoms in total. The molecule has 0 spiro atoms. The molecule has 0 aromatic carbocycles. The topological polar surface area (TPSA) is 49.4 Å². The van der Waals surface area contributed by atoms with Gasteiger partial charge in [-0.2, -0.15) is 0 Å². The van der Waals surface area contributed by atoms with Crippen molar-refractivity contribution in [3.8, 4) is 0 Å². The summed E-state index contributed by atoms with van der Waals surface area (Å²) >= 11 is 16.7. The molecule has 7 heteroatoms. The Morgan fingerprint density at radius 3 is 2.25 bits per heavy atom. The average Bonchev–Trinajstić information content (AvgIpc) is 2.08. The molecule has 0 heterocycles. The summed E-state index contributed by atoms with van der Waals surface area (Å²) in [5.41, 5.74) is 0. The summed E-state index contributed by atoms with van der Waals surface area (Å²) in [6.07, 6.45) is 1.65. The summed E-state index contributed by atoms with van der Waals surface area (Å²) in [5.74, 6) is 0. The maximum atomic E-state index is 10.2. The van der Waals surface area contributed by atoms with Crippen LogP contribution in [0.1, 0.15) is 39.0 Å². The summed E-state index contributed by atoms with van der Waals surface area (Å²) in [5, 5.41) is 10.2. The molecular formula is C9H14Cl3NaO3. The minimum absolute atomic E-state index is 0. The van der Waals surface area contributed by atoms with Crippen molar-refractivity contribution in [2.75, 3.05) is 0 Å². The average molecular weight is 300 g/mol. The third-order valence-electron chi connectivity index (χ3n) is 1.92. The van der Waals surface area contributed by atoms with Gasteiger partial charge < -0.3 is 14.6 Å². The molecule has 0 fully saturated rings. The molecule has 0 aromatic rings. The SMILES string of the molecule is CCCCCCC(OC(=O)[O-])C(Cl)(Cl)Cl.[Na+]. The van der Waals surface area contributed by atoms with Crippen molar-refractivity contribution in [3.63, 3.8) is 0 Å². The van der Waals surface area contributed by atoms with Crippen molar-refractivity contribution in [1.82, 2.24) is 0 Å². The van der Waals surface area contributed by atoms with Crippen LogP contribution in [0, 0.1) is 0 Å². The quantitative estimate of drug-likeness (QED) is 0.302. The van der Waals surface area contributed by atoms with Crippen LogP contribution in [0.2, 0.25) is 0 Å². The predicted octanol–water partition coefficient (Wildman–Crippen LogP) is 0.0595. The van der Waals surface area contributed by atoms with Gasteiger partial charge in [0.15, 0.2) is 0 Å². The molecule has 0 aliphatic rings. The second-order valence-electron chi connectivity index (χ2n) is 3.25. The minimum Gasteiger partial charge on any atom is -0.542 e. The molecule has 16 heavy (non-hydrogen) atoms. The van der Waals surface area contributed by atoms with Crippen LogP contribution >= 0.6 is 34.8 Å². The minimum atomic E-state index is -1.73. The summed E-state index contributed by atoms with van der Waals surface area (Å²) in [4.78, 5) is 10.2. The Labute approximate surface area is 133 Å². The number of alkyl halides is 3. The number of carbonyl (C=O) groups is 1. The van der Waals surface area contributed by atoms with Gasteiger partial charge in [-0.3, -0.25) is 0 Å². The van der Waals surface area contributed by atoms with Crippen LogP contribution in [0.4, 0.5) is 4.79 Å². The molecule has 1 atom stereocenters. The fourth-order valence-corrected chi connectivity index (χ4v) is 1.62. The van der Waals surface area contributed by atoms with Crippen LogP contribution in [0.5, 0.6) is 0 Å². The fraction of sp³-hybridized carbons (Fsp3) is 0.889.